The minimum atomic E-state index is -0.389. The van der Waals surface area contributed by atoms with Crippen molar-refractivity contribution in [3.63, 3.8) is 0 Å². The normalized spacial score (nSPS) is 15.8. The SMILES string of the molecule is CCNC(=O)O[C@@H]1Cc2c(-c3ccc(C#N)cc3C)cnn2C1. The van der Waals surface area contributed by atoms with E-state index in [1.54, 1.807) is 0 Å². The molecule has 1 N–H and O–H groups in total. The van der Waals surface area contributed by atoms with Crippen LogP contribution < -0.4 is 5.32 Å². The van der Waals surface area contributed by atoms with E-state index in [0.717, 1.165) is 22.4 Å². The van der Waals surface area contributed by atoms with Gasteiger partial charge in [0.1, 0.15) is 6.10 Å². The molecule has 0 unspecified atom stereocenters. The van der Waals surface area contributed by atoms with E-state index in [9.17, 15) is 4.79 Å². The van der Waals surface area contributed by atoms with Gasteiger partial charge < -0.3 is 10.1 Å². The fourth-order valence-electron chi connectivity index (χ4n) is 2.93. The first-order valence-electron chi connectivity index (χ1n) is 7.62. The molecule has 2 heterocycles. The predicted octanol–water partition coefficient (Wildman–Crippen LogP) is 2.40. The number of aromatic nitrogens is 2. The highest BCUT2D eigenvalue weighted by atomic mass is 16.6. The van der Waals surface area contributed by atoms with E-state index in [1.807, 2.05) is 42.9 Å². The summed E-state index contributed by atoms with van der Waals surface area (Å²) in [6.45, 7) is 4.96. The molecule has 1 aliphatic rings. The van der Waals surface area contributed by atoms with Gasteiger partial charge in [-0.25, -0.2) is 4.79 Å². The molecule has 0 spiro atoms. The standard InChI is InChI=1S/C17H18N4O2/c1-3-19-17(22)23-13-7-16-15(9-20-21(16)10-13)14-5-4-12(8-18)6-11(14)2/h4-6,9,13H,3,7,10H2,1-2H3,(H,19,22)/t13-/m1/s1. The Morgan fingerprint density at radius 1 is 1.52 bits per heavy atom. The molecule has 0 saturated heterocycles. The molecule has 0 fully saturated rings. The fraction of sp³-hybridized carbons (Fsp3) is 0.353. The summed E-state index contributed by atoms with van der Waals surface area (Å²) in [7, 11) is 0. The number of amides is 1. The van der Waals surface area contributed by atoms with Crippen molar-refractivity contribution < 1.29 is 9.53 Å². The van der Waals surface area contributed by atoms with E-state index in [4.69, 9.17) is 10.00 Å². The van der Waals surface area contributed by atoms with Crippen LogP contribution in [0.2, 0.25) is 0 Å². The molecule has 1 atom stereocenters. The summed E-state index contributed by atoms with van der Waals surface area (Å²) >= 11 is 0. The Labute approximate surface area is 134 Å². The third kappa shape index (κ3) is 2.90. The second kappa shape index (κ2) is 6.13. The number of nitrogens with zero attached hydrogens (tertiary/aromatic N) is 3. The minimum absolute atomic E-state index is 0.192. The van der Waals surface area contributed by atoms with Crippen molar-refractivity contribution >= 4 is 6.09 Å². The smallest absolute Gasteiger partial charge is 0.407 e. The quantitative estimate of drug-likeness (QED) is 0.944. The number of alkyl carbamates (subject to hydrolysis) is 1. The molecule has 2 aromatic rings. The molecular formula is C17H18N4O2. The predicted molar refractivity (Wildman–Crippen MR) is 84.8 cm³/mol. The maximum Gasteiger partial charge on any atom is 0.407 e. The molecular weight excluding hydrogens is 292 g/mol. The van der Waals surface area contributed by atoms with Crippen LogP contribution >= 0.6 is 0 Å². The number of nitriles is 1. The van der Waals surface area contributed by atoms with Crippen molar-refractivity contribution in [3.05, 3.63) is 41.2 Å². The number of carbonyl (C=O) groups is 1. The van der Waals surface area contributed by atoms with E-state index in [0.29, 0.717) is 25.1 Å². The van der Waals surface area contributed by atoms with E-state index in [1.165, 1.54) is 0 Å². The van der Waals surface area contributed by atoms with Crippen LogP contribution in [0.1, 0.15) is 23.7 Å². The molecule has 1 aliphatic heterocycles. The van der Waals surface area contributed by atoms with Gasteiger partial charge in [0, 0.05) is 18.5 Å². The molecule has 118 valence electrons. The Kier molecular flexibility index (Phi) is 4.02. The number of nitrogens with one attached hydrogen (secondary N) is 1. The first-order chi connectivity index (χ1) is 11.1. The molecule has 23 heavy (non-hydrogen) atoms. The third-order valence-corrected chi connectivity index (χ3v) is 3.99. The Bertz CT molecular complexity index is 788. The van der Waals surface area contributed by atoms with E-state index < -0.39 is 0 Å². The van der Waals surface area contributed by atoms with Gasteiger partial charge in [-0.05, 0) is 37.1 Å². The molecule has 6 heteroatoms. The highest BCUT2D eigenvalue weighted by Gasteiger charge is 2.28. The highest BCUT2D eigenvalue weighted by molar-refractivity contribution is 5.71. The summed E-state index contributed by atoms with van der Waals surface area (Å²) in [6, 6.07) is 7.78. The van der Waals surface area contributed by atoms with E-state index >= 15 is 0 Å². The van der Waals surface area contributed by atoms with Crippen LogP contribution in [0.25, 0.3) is 11.1 Å². The number of carbonyl (C=O) groups excluding carboxylic acids is 1. The van der Waals surface area contributed by atoms with Crippen molar-refractivity contribution in [1.82, 2.24) is 15.1 Å². The maximum absolute atomic E-state index is 11.6. The zero-order valence-electron chi connectivity index (χ0n) is 13.2. The number of aryl methyl sites for hydroxylation is 1. The Morgan fingerprint density at radius 3 is 3.04 bits per heavy atom. The summed E-state index contributed by atoms with van der Waals surface area (Å²) < 4.78 is 7.28. The molecule has 0 bridgehead atoms. The summed E-state index contributed by atoms with van der Waals surface area (Å²) in [6.07, 6.45) is 1.90. The lowest BCUT2D eigenvalue weighted by atomic mass is 9.98. The molecule has 1 aromatic heterocycles. The molecule has 1 amide bonds. The molecule has 1 aromatic carbocycles. The lowest BCUT2D eigenvalue weighted by molar-refractivity contribution is 0.0970. The van der Waals surface area contributed by atoms with Crippen LogP contribution in [0.15, 0.2) is 24.4 Å². The highest BCUT2D eigenvalue weighted by Crippen LogP contribution is 2.31. The second-order valence-electron chi connectivity index (χ2n) is 5.59. The Balaban J connectivity index is 1.82. The van der Waals surface area contributed by atoms with Gasteiger partial charge in [-0.15, -0.1) is 0 Å². The fourth-order valence-corrected chi connectivity index (χ4v) is 2.93. The summed E-state index contributed by atoms with van der Waals surface area (Å²) in [5.41, 5.74) is 4.84. The summed E-state index contributed by atoms with van der Waals surface area (Å²) in [5, 5.41) is 16.0. The number of hydrogen-bond acceptors (Lipinski definition) is 4. The number of ether oxygens (including phenoxy) is 1. The van der Waals surface area contributed by atoms with E-state index in [2.05, 4.69) is 16.5 Å². The van der Waals surface area contributed by atoms with Gasteiger partial charge in [-0.2, -0.15) is 10.4 Å². The largest absolute Gasteiger partial charge is 0.444 e. The lowest BCUT2D eigenvalue weighted by Gasteiger charge is -2.11. The van der Waals surface area contributed by atoms with Gasteiger partial charge in [0.2, 0.25) is 0 Å². The van der Waals surface area contributed by atoms with Crippen LogP contribution in [0.3, 0.4) is 0 Å². The van der Waals surface area contributed by atoms with Gasteiger partial charge in [-0.3, -0.25) is 4.68 Å². The van der Waals surface area contributed by atoms with Crippen molar-refractivity contribution in [2.24, 2.45) is 0 Å². The molecule has 0 saturated carbocycles. The van der Waals surface area contributed by atoms with Crippen LogP contribution in [0.4, 0.5) is 4.79 Å². The van der Waals surface area contributed by atoms with E-state index in [-0.39, 0.29) is 12.2 Å². The van der Waals surface area contributed by atoms with Crippen molar-refractivity contribution in [2.45, 2.75) is 32.9 Å². The van der Waals surface area contributed by atoms with Gasteiger partial charge in [-0.1, -0.05) is 6.07 Å². The number of rotatable bonds is 3. The van der Waals surface area contributed by atoms with Crippen LogP contribution in [-0.2, 0) is 17.7 Å². The zero-order chi connectivity index (χ0) is 16.4. The van der Waals surface area contributed by atoms with Gasteiger partial charge in [0.15, 0.2) is 0 Å². The van der Waals surface area contributed by atoms with Gasteiger partial charge >= 0.3 is 6.09 Å². The van der Waals surface area contributed by atoms with Crippen molar-refractivity contribution in [2.75, 3.05) is 6.54 Å². The van der Waals surface area contributed by atoms with Crippen molar-refractivity contribution in [1.29, 1.82) is 5.26 Å². The topological polar surface area (TPSA) is 79.9 Å². The Hall–Kier alpha value is -2.81. The first kappa shape index (κ1) is 15.1. The van der Waals surface area contributed by atoms with Crippen LogP contribution in [0.5, 0.6) is 0 Å². The maximum atomic E-state index is 11.6. The summed E-state index contributed by atoms with van der Waals surface area (Å²) in [5.74, 6) is 0. The minimum Gasteiger partial charge on any atom is -0.444 e. The third-order valence-electron chi connectivity index (χ3n) is 3.99. The molecule has 6 nitrogen and oxygen atoms in total. The first-order valence-corrected chi connectivity index (χ1v) is 7.62. The lowest BCUT2D eigenvalue weighted by Crippen LogP contribution is -2.29. The van der Waals surface area contributed by atoms with Crippen LogP contribution in [0, 0.1) is 18.3 Å². The van der Waals surface area contributed by atoms with Gasteiger partial charge in [0.25, 0.3) is 0 Å². The molecule has 0 aliphatic carbocycles. The average Bonchev–Trinajstić information content (AvgIpc) is 3.07. The monoisotopic (exact) mass is 310 g/mol. The zero-order valence-corrected chi connectivity index (χ0v) is 13.2. The number of hydrogen-bond donors (Lipinski definition) is 1. The van der Waals surface area contributed by atoms with Crippen molar-refractivity contribution in [3.8, 4) is 17.2 Å². The second-order valence-corrected chi connectivity index (χ2v) is 5.59. The Morgan fingerprint density at radius 2 is 2.35 bits per heavy atom. The number of fused-ring (bicyclic) bond motifs is 1. The molecule has 3 rings (SSSR count). The summed E-state index contributed by atoms with van der Waals surface area (Å²) in [4.78, 5) is 11.6. The number of benzene rings is 1. The average molecular weight is 310 g/mol. The van der Waals surface area contributed by atoms with Crippen LogP contribution in [-0.4, -0.2) is 28.5 Å². The molecule has 0 radical (unpaired) electrons. The van der Waals surface area contributed by atoms with Gasteiger partial charge in [0.05, 0.1) is 30.1 Å².